The van der Waals surface area contributed by atoms with E-state index in [0.717, 1.165) is 0 Å². The highest BCUT2D eigenvalue weighted by atomic mass is 16.6. The van der Waals surface area contributed by atoms with Crippen LogP contribution in [0.4, 0.5) is 0 Å². The van der Waals surface area contributed by atoms with Crippen molar-refractivity contribution >= 4 is 11.9 Å². The van der Waals surface area contributed by atoms with Gasteiger partial charge in [-0.15, -0.1) is 0 Å². The highest BCUT2D eigenvalue weighted by Gasteiger charge is 2.31. The summed E-state index contributed by atoms with van der Waals surface area (Å²) < 4.78 is 9.67. The van der Waals surface area contributed by atoms with Gasteiger partial charge < -0.3 is 14.5 Å². The third kappa shape index (κ3) is 2.85. The number of rotatable bonds is 5. The van der Waals surface area contributed by atoms with Crippen LogP contribution in [0.5, 0.6) is 0 Å². The molecule has 0 unspecified atom stereocenters. The smallest absolute Gasteiger partial charge is 0.326 e. The van der Waals surface area contributed by atoms with Crippen LogP contribution >= 0.6 is 0 Å². The van der Waals surface area contributed by atoms with Gasteiger partial charge in [0.25, 0.3) is 0 Å². The highest BCUT2D eigenvalue weighted by molar-refractivity contribution is 6.00. The van der Waals surface area contributed by atoms with E-state index in [-0.39, 0.29) is 13.2 Å². The molecule has 16 heavy (non-hydrogen) atoms. The van der Waals surface area contributed by atoms with Crippen molar-refractivity contribution < 1.29 is 19.1 Å². The molecule has 0 saturated carbocycles. The summed E-state index contributed by atoms with van der Waals surface area (Å²) in [4.78, 5) is 26.0. The Hall–Kier alpha value is -1.78. The van der Waals surface area contributed by atoms with Gasteiger partial charge >= 0.3 is 11.9 Å². The monoisotopic (exact) mass is 225 g/mol. The molecule has 1 N–H and O–H groups in total. The molecule has 0 aliphatic rings. The Labute approximate surface area is 93.7 Å². The maximum atomic E-state index is 11.6. The van der Waals surface area contributed by atoms with E-state index in [4.69, 9.17) is 9.47 Å². The normalized spacial score (nSPS) is 10.2. The Balaban J connectivity index is 2.85. The van der Waals surface area contributed by atoms with E-state index in [1.165, 1.54) is 0 Å². The van der Waals surface area contributed by atoms with Gasteiger partial charge in [-0.1, -0.05) is 0 Å². The summed E-state index contributed by atoms with van der Waals surface area (Å²) >= 11 is 0. The summed E-state index contributed by atoms with van der Waals surface area (Å²) in [6.45, 7) is 3.84. The van der Waals surface area contributed by atoms with Crippen LogP contribution in [0.2, 0.25) is 0 Å². The lowest BCUT2D eigenvalue weighted by atomic mass is 10.1. The molecule has 0 aliphatic heterocycles. The van der Waals surface area contributed by atoms with Gasteiger partial charge in [-0.05, 0) is 26.0 Å². The molecule has 5 nitrogen and oxygen atoms in total. The topological polar surface area (TPSA) is 68.4 Å². The standard InChI is InChI=1S/C11H15NO4/c1-3-15-10(13)9(11(14)16-4-2)8-6-5-7-12-8/h5-7,9,12H,3-4H2,1-2H3. The molecular weight excluding hydrogens is 210 g/mol. The van der Waals surface area contributed by atoms with Gasteiger partial charge in [0.05, 0.1) is 13.2 Å². The molecule has 0 aromatic carbocycles. The lowest BCUT2D eigenvalue weighted by Gasteiger charge is -2.12. The molecule has 88 valence electrons. The van der Waals surface area contributed by atoms with Crippen molar-refractivity contribution in [3.63, 3.8) is 0 Å². The number of esters is 2. The Morgan fingerprint density at radius 2 is 1.81 bits per heavy atom. The summed E-state index contributed by atoms with van der Waals surface area (Å²) in [6.07, 6.45) is 1.64. The molecule has 0 spiro atoms. The van der Waals surface area contributed by atoms with Gasteiger partial charge in [-0.3, -0.25) is 9.59 Å². The molecule has 0 fully saturated rings. The first kappa shape index (κ1) is 12.3. The Morgan fingerprint density at radius 3 is 2.19 bits per heavy atom. The molecule has 1 heterocycles. The maximum Gasteiger partial charge on any atom is 0.326 e. The number of H-pyrrole nitrogens is 1. The Kier molecular flexibility index (Phi) is 4.57. The third-order valence-corrected chi connectivity index (χ3v) is 1.98. The van der Waals surface area contributed by atoms with E-state index in [9.17, 15) is 9.59 Å². The first-order valence-corrected chi connectivity index (χ1v) is 5.17. The van der Waals surface area contributed by atoms with Crippen molar-refractivity contribution in [2.24, 2.45) is 0 Å². The van der Waals surface area contributed by atoms with Crippen LogP contribution in [0, 0.1) is 0 Å². The predicted molar refractivity (Wildman–Crippen MR) is 56.8 cm³/mol. The molecule has 0 amide bonds. The van der Waals surface area contributed by atoms with Crippen LogP contribution in [0.25, 0.3) is 0 Å². The molecular formula is C11H15NO4. The fraction of sp³-hybridized carbons (Fsp3) is 0.455. The number of carbonyl (C=O) groups is 2. The highest BCUT2D eigenvalue weighted by Crippen LogP contribution is 2.17. The second kappa shape index (κ2) is 5.95. The zero-order valence-electron chi connectivity index (χ0n) is 9.36. The quantitative estimate of drug-likeness (QED) is 0.604. The van der Waals surface area contributed by atoms with Gasteiger partial charge in [0.1, 0.15) is 0 Å². The van der Waals surface area contributed by atoms with Gasteiger partial charge in [0, 0.05) is 11.9 Å². The fourth-order valence-corrected chi connectivity index (χ4v) is 1.33. The number of nitrogens with one attached hydrogen (secondary N) is 1. The van der Waals surface area contributed by atoms with Crippen LogP contribution < -0.4 is 0 Å². The van der Waals surface area contributed by atoms with Crippen molar-refractivity contribution in [2.45, 2.75) is 19.8 Å². The number of carbonyl (C=O) groups excluding carboxylic acids is 2. The molecule has 0 atom stereocenters. The van der Waals surface area contributed by atoms with Crippen LogP contribution in [0.3, 0.4) is 0 Å². The number of aromatic nitrogens is 1. The van der Waals surface area contributed by atoms with Gasteiger partial charge in [-0.2, -0.15) is 0 Å². The average Bonchev–Trinajstić information content (AvgIpc) is 2.72. The van der Waals surface area contributed by atoms with Crippen molar-refractivity contribution in [1.82, 2.24) is 4.98 Å². The minimum absolute atomic E-state index is 0.232. The molecule has 5 heteroatoms. The lowest BCUT2D eigenvalue weighted by molar-refractivity contribution is -0.157. The van der Waals surface area contributed by atoms with Crippen LogP contribution in [0.15, 0.2) is 18.3 Å². The minimum Gasteiger partial charge on any atom is -0.465 e. The number of hydrogen-bond acceptors (Lipinski definition) is 4. The predicted octanol–water partition coefficient (Wildman–Crippen LogP) is 1.22. The maximum absolute atomic E-state index is 11.6. The average molecular weight is 225 g/mol. The van der Waals surface area contributed by atoms with Gasteiger partial charge in [0.2, 0.25) is 0 Å². The molecule has 0 radical (unpaired) electrons. The molecule has 1 aromatic heterocycles. The Morgan fingerprint density at radius 1 is 1.25 bits per heavy atom. The number of hydrogen-bond donors (Lipinski definition) is 1. The zero-order chi connectivity index (χ0) is 12.0. The molecule has 0 bridgehead atoms. The first-order chi connectivity index (χ1) is 7.70. The zero-order valence-corrected chi connectivity index (χ0v) is 9.36. The van der Waals surface area contributed by atoms with Crippen molar-refractivity contribution in [1.29, 1.82) is 0 Å². The Bertz CT molecular complexity index is 327. The lowest BCUT2D eigenvalue weighted by Crippen LogP contribution is -2.26. The van der Waals surface area contributed by atoms with Crippen molar-refractivity contribution in [3.05, 3.63) is 24.0 Å². The molecule has 1 rings (SSSR count). The van der Waals surface area contributed by atoms with Crippen LogP contribution in [-0.4, -0.2) is 30.1 Å². The first-order valence-electron chi connectivity index (χ1n) is 5.17. The van der Waals surface area contributed by atoms with Crippen LogP contribution in [-0.2, 0) is 19.1 Å². The summed E-state index contributed by atoms with van der Waals surface area (Å²) in [6, 6.07) is 3.36. The fourth-order valence-electron chi connectivity index (χ4n) is 1.33. The van der Waals surface area contributed by atoms with Crippen molar-refractivity contribution in [3.8, 4) is 0 Å². The van der Waals surface area contributed by atoms with E-state index in [1.807, 2.05) is 0 Å². The minimum atomic E-state index is -1.02. The number of aromatic amines is 1. The summed E-state index contributed by atoms with van der Waals surface area (Å²) in [5.74, 6) is -2.21. The van der Waals surface area contributed by atoms with Gasteiger partial charge in [0.15, 0.2) is 5.92 Å². The molecule has 0 aliphatic carbocycles. The summed E-state index contributed by atoms with van der Waals surface area (Å²) in [5.41, 5.74) is 0.483. The SMILES string of the molecule is CCOC(=O)C(C(=O)OCC)c1ccc[nH]1. The third-order valence-electron chi connectivity index (χ3n) is 1.98. The number of ether oxygens (including phenoxy) is 2. The molecule has 1 aromatic rings. The second-order valence-corrected chi connectivity index (χ2v) is 3.06. The summed E-state index contributed by atoms with van der Waals surface area (Å²) in [5, 5.41) is 0. The largest absolute Gasteiger partial charge is 0.465 e. The molecule has 0 saturated heterocycles. The van der Waals surface area contributed by atoms with E-state index in [0.29, 0.717) is 5.69 Å². The van der Waals surface area contributed by atoms with Gasteiger partial charge in [-0.25, -0.2) is 0 Å². The summed E-state index contributed by atoms with van der Waals surface area (Å²) in [7, 11) is 0. The van der Waals surface area contributed by atoms with E-state index < -0.39 is 17.9 Å². The van der Waals surface area contributed by atoms with Crippen molar-refractivity contribution in [2.75, 3.05) is 13.2 Å². The van der Waals surface area contributed by atoms with Crippen LogP contribution in [0.1, 0.15) is 25.5 Å². The van der Waals surface area contributed by atoms with E-state index >= 15 is 0 Å². The van der Waals surface area contributed by atoms with E-state index in [2.05, 4.69) is 4.98 Å². The second-order valence-electron chi connectivity index (χ2n) is 3.06. The van der Waals surface area contributed by atoms with E-state index in [1.54, 1.807) is 32.2 Å².